The minimum atomic E-state index is -3.41. The van der Waals surface area contributed by atoms with Gasteiger partial charge in [-0.15, -0.1) is 10.8 Å². The molecule has 1 heterocycles. The van der Waals surface area contributed by atoms with Crippen LogP contribution < -0.4 is 10.9 Å². The van der Waals surface area contributed by atoms with E-state index in [4.69, 9.17) is 37.1 Å². The van der Waals surface area contributed by atoms with Crippen LogP contribution in [0.25, 0.3) is 28.1 Å². The maximum absolute atomic E-state index is 13.6. The van der Waals surface area contributed by atoms with Crippen molar-refractivity contribution in [1.82, 2.24) is 4.57 Å². The van der Waals surface area contributed by atoms with Crippen molar-refractivity contribution < 1.29 is 42.4 Å². The minimum Gasteiger partial charge on any atom is -0.469 e. The Balaban J connectivity index is 1.41. The maximum Gasteiger partial charge on any atom is 0.322 e. The molecule has 4 rings (SSSR count). The monoisotopic (exact) mass is 925 g/mol. The van der Waals surface area contributed by atoms with Crippen LogP contribution in [0.1, 0.15) is 94.4 Å². The lowest BCUT2D eigenvalue weighted by atomic mass is 9.80. The van der Waals surface area contributed by atoms with Crippen molar-refractivity contribution in [2.24, 2.45) is 17.8 Å². The lowest BCUT2D eigenvalue weighted by Gasteiger charge is -2.25. The van der Waals surface area contributed by atoms with Crippen molar-refractivity contribution in [2.75, 3.05) is 13.7 Å². The van der Waals surface area contributed by atoms with Gasteiger partial charge in [-0.3, -0.25) is 19.2 Å². The second-order valence-corrected chi connectivity index (χ2v) is 18.7. The number of carbonyl (C=O) groups is 3. The van der Waals surface area contributed by atoms with Crippen LogP contribution in [-0.2, 0) is 59.4 Å². The van der Waals surface area contributed by atoms with Gasteiger partial charge in [-0.05, 0) is 110 Å². The highest BCUT2D eigenvalue weighted by Crippen LogP contribution is 2.34. The Bertz CT molecular complexity index is 2920. The number of hydrogen-bond donors (Lipinski definition) is 1. The molecule has 11 nitrogen and oxygen atoms in total. The normalized spacial score (nSPS) is 13.5. The fourth-order valence-corrected chi connectivity index (χ4v) is 8.61. The number of nitrogens with zero attached hydrogens (tertiary/aromatic N) is 1. The van der Waals surface area contributed by atoms with E-state index in [1.807, 2.05) is 55.5 Å². The average molecular weight is 926 g/mol. The lowest BCUT2D eigenvalue weighted by Crippen LogP contribution is -2.33. The summed E-state index contributed by atoms with van der Waals surface area (Å²) >= 11 is 4.91. The first kappa shape index (κ1) is 51.8. The van der Waals surface area contributed by atoms with Gasteiger partial charge in [-0.1, -0.05) is 81.4 Å². The van der Waals surface area contributed by atoms with E-state index in [1.54, 1.807) is 30.5 Å². The Labute approximate surface area is 391 Å². The summed E-state index contributed by atoms with van der Waals surface area (Å²) in [5.74, 6) is 19.5. The third kappa shape index (κ3) is 14.6. The molecule has 0 fully saturated rings. The second-order valence-electron chi connectivity index (χ2n) is 15.5. The quantitative estimate of drug-likeness (QED) is 0.0227. The molecule has 0 amide bonds. The summed E-state index contributed by atoms with van der Waals surface area (Å²) in [5.41, 5.74) is 1.40. The first-order valence-corrected chi connectivity index (χ1v) is 23.8. The van der Waals surface area contributed by atoms with Gasteiger partial charge in [0, 0.05) is 68.8 Å². The van der Waals surface area contributed by atoms with E-state index in [1.165, 1.54) is 7.11 Å². The molecule has 1 N–H and O–H groups in total. The van der Waals surface area contributed by atoms with E-state index in [9.17, 15) is 23.4 Å². The summed E-state index contributed by atoms with van der Waals surface area (Å²) in [4.78, 5) is 53.6. The van der Waals surface area contributed by atoms with Crippen LogP contribution in [0.2, 0.25) is 0 Å². The zero-order valence-electron chi connectivity index (χ0n) is 37.4. The Kier molecular flexibility index (Phi) is 20.6. The number of benzene rings is 3. The summed E-state index contributed by atoms with van der Waals surface area (Å²) in [5, 5.41) is 12.5. The smallest absolute Gasteiger partial charge is 0.322 e. The van der Waals surface area contributed by atoms with Crippen molar-refractivity contribution in [3.8, 4) is 71.7 Å². The van der Waals surface area contributed by atoms with Crippen molar-refractivity contribution >= 4 is 66.0 Å². The number of methoxy groups -OCH3 is 1. The fourth-order valence-electron chi connectivity index (χ4n) is 7.65. The van der Waals surface area contributed by atoms with Crippen molar-refractivity contribution in [3.05, 3.63) is 87.5 Å². The predicted octanol–water partition coefficient (Wildman–Crippen LogP) is 7.16. The van der Waals surface area contributed by atoms with Crippen LogP contribution in [0.3, 0.4) is 0 Å². The molecule has 0 aliphatic rings. The molecule has 6 atom stereocenters. The van der Waals surface area contributed by atoms with Crippen LogP contribution in [0.15, 0.2) is 65.5 Å². The molecule has 0 bridgehead atoms. The number of unbranched alkanes of at least 4 members (excludes halogenated alkanes) is 3. The molecule has 340 valence electrons. The highest BCUT2D eigenvalue weighted by atomic mass is 32.8. The fraction of sp³-hybridized carbons (Fsp3) is 0.358. The zero-order chi connectivity index (χ0) is 48.1. The van der Waals surface area contributed by atoms with Crippen LogP contribution in [-0.4, -0.2) is 45.7 Å². The van der Waals surface area contributed by atoms with E-state index in [-0.39, 0.29) is 37.3 Å². The van der Waals surface area contributed by atoms with Crippen LogP contribution >= 0.6 is 0 Å². The lowest BCUT2D eigenvalue weighted by molar-refractivity contribution is -0.151. The van der Waals surface area contributed by atoms with E-state index in [2.05, 4.69) is 76.2 Å². The molecule has 0 saturated carbocycles. The molecule has 0 spiro atoms. The van der Waals surface area contributed by atoms with Gasteiger partial charge in [0.05, 0.1) is 36.7 Å². The van der Waals surface area contributed by atoms with Crippen molar-refractivity contribution in [2.45, 2.75) is 89.9 Å². The molecular weight excluding hydrogens is 875 g/mol. The van der Waals surface area contributed by atoms with Gasteiger partial charge in [-0.2, -0.15) is 0 Å². The Morgan fingerprint density at radius 2 is 1.38 bits per heavy atom. The molecular formula is C53H51NO10S2. The first-order valence-electron chi connectivity index (χ1n) is 21.4. The van der Waals surface area contributed by atoms with Crippen molar-refractivity contribution in [3.63, 3.8) is 0 Å². The topological polar surface area (TPSA) is 147 Å². The summed E-state index contributed by atoms with van der Waals surface area (Å²) < 4.78 is 34.3. The van der Waals surface area contributed by atoms with E-state index in [0.29, 0.717) is 35.7 Å². The van der Waals surface area contributed by atoms with E-state index in [0.717, 1.165) is 41.0 Å². The highest BCUT2D eigenvalue weighted by molar-refractivity contribution is 8.30. The molecule has 0 radical (unpaired) electrons. The average Bonchev–Trinajstić information content (AvgIpc) is 3.33. The third-order valence-corrected chi connectivity index (χ3v) is 13.7. The Hall–Kier alpha value is -6.81. The highest BCUT2D eigenvalue weighted by Gasteiger charge is 2.34. The number of aromatic nitrogens is 1. The van der Waals surface area contributed by atoms with Gasteiger partial charge >= 0.3 is 17.9 Å². The van der Waals surface area contributed by atoms with Gasteiger partial charge in [0.25, 0.3) is 5.56 Å². The zero-order valence-corrected chi connectivity index (χ0v) is 39.0. The first-order chi connectivity index (χ1) is 31.8. The Morgan fingerprint density at radius 3 is 2.00 bits per heavy atom. The van der Waals surface area contributed by atoms with Crippen LogP contribution in [0.4, 0.5) is 0 Å². The SMILES string of the molecule is C#CC#CC#CC#CC#CC#COC(=O)C(CC(C)C(=O)OCCCCCCn1c(=C)c2cccc3cccc(c1=O)c32)CC(CC(CC)c1ccc(C(C)S(=O)(=S)OO)cc1)C(=O)OC. The Morgan fingerprint density at radius 1 is 0.788 bits per heavy atom. The van der Waals surface area contributed by atoms with E-state index >= 15 is 0 Å². The molecule has 0 saturated heterocycles. The number of terminal acetylenes is 1. The molecule has 4 aromatic rings. The number of carbonyl (C=O) groups excluding carboxylic acids is 3. The van der Waals surface area contributed by atoms with E-state index < -0.39 is 49.7 Å². The van der Waals surface area contributed by atoms with Gasteiger partial charge in [0.15, 0.2) is 8.77 Å². The largest absolute Gasteiger partial charge is 0.469 e. The molecule has 3 aromatic carbocycles. The summed E-state index contributed by atoms with van der Waals surface area (Å²) in [6.07, 6.45) is 11.1. The number of pyridine rings is 1. The molecule has 0 aliphatic carbocycles. The molecule has 66 heavy (non-hydrogen) atoms. The number of rotatable bonds is 21. The molecule has 6 unspecified atom stereocenters. The second kappa shape index (κ2) is 26.2. The summed E-state index contributed by atoms with van der Waals surface area (Å²) in [6.45, 7) is 10.1. The summed E-state index contributed by atoms with van der Waals surface area (Å²) in [7, 11) is -2.14. The molecule has 1 aromatic heterocycles. The number of ether oxygens (including phenoxy) is 3. The van der Waals surface area contributed by atoms with Gasteiger partial charge < -0.3 is 18.8 Å². The third-order valence-electron chi connectivity index (χ3n) is 11.3. The number of hydrogen-bond acceptors (Lipinski definition) is 11. The van der Waals surface area contributed by atoms with Gasteiger partial charge in [-0.25, -0.2) is 9.47 Å². The van der Waals surface area contributed by atoms with Gasteiger partial charge in [0.1, 0.15) is 6.11 Å². The maximum atomic E-state index is 13.6. The van der Waals surface area contributed by atoms with Crippen LogP contribution in [0.5, 0.6) is 0 Å². The minimum absolute atomic E-state index is 0.00745. The van der Waals surface area contributed by atoms with Crippen LogP contribution in [0, 0.1) is 89.5 Å². The summed E-state index contributed by atoms with van der Waals surface area (Å²) in [6, 6.07) is 18.8. The van der Waals surface area contributed by atoms with Gasteiger partial charge in [0.2, 0.25) is 0 Å². The molecule has 0 aliphatic heterocycles. The van der Waals surface area contributed by atoms with Crippen molar-refractivity contribution in [1.29, 1.82) is 0 Å². The standard InChI is InChI=1S/C53H51NO10S2/c1-7-9-10-11-12-13-14-15-17-20-34-63-53(58)45(37-46(52(57)61-6)36-41(8-2)43-30-28-42(29-31-43)40(5)66(60,65)64-59)35-38(3)51(56)62-33-21-18-16-19-32-54-39(4)47-26-22-24-44-25-23-27-48(49(44)47)50(54)55/h1,22-31,38,40-41,45-46,59H,4,8,16,18-19,21,32-33,35-37H2,2-3,5-6H3. The number of esters is 3. The predicted molar refractivity (Wildman–Crippen MR) is 259 cm³/mol. The molecule has 13 heteroatoms.